The molecule has 0 aromatic carbocycles. The molecule has 0 amide bonds. The van der Waals surface area contributed by atoms with Gasteiger partial charge in [0.1, 0.15) is 5.60 Å². The maximum Gasteiger partial charge on any atom is 0.153 e. The zero-order valence-electron chi connectivity index (χ0n) is 5.09. The summed E-state index contributed by atoms with van der Waals surface area (Å²) in [5, 5.41) is 3.19. The van der Waals surface area contributed by atoms with Gasteiger partial charge in [0, 0.05) is 19.0 Å². The van der Waals surface area contributed by atoms with E-state index in [0.717, 1.165) is 12.7 Å². The highest BCUT2D eigenvalue weighted by atomic mass is 16.5. The first-order valence-electron chi connectivity index (χ1n) is 3.18. The molecule has 0 unspecified atom stereocenters. The van der Waals surface area contributed by atoms with Crippen molar-refractivity contribution in [2.24, 2.45) is 0 Å². The third-order valence-electron chi connectivity index (χ3n) is 2.07. The lowest BCUT2D eigenvalue weighted by molar-refractivity contribution is -0.125. The van der Waals surface area contributed by atoms with Crippen molar-refractivity contribution in [1.82, 2.24) is 5.32 Å². The van der Waals surface area contributed by atoms with E-state index in [-0.39, 0.29) is 0 Å². The Morgan fingerprint density at radius 2 is 2.67 bits per heavy atom. The summed E-state index contributed by atoms with van der Waals surface area (Å²) in [7, 11) is 0. The Hall–Kier alpha value is -0.410. The molecular weight excluding hydrogens is 118 g/mol. The van der Waals surface area contributed by atoms with Gasteiger partial charge in [0.25, 0.3) is 0 Å². The van der Waals surface area contributed by atoms with Crippen molar-refractivity contribution in [1.29, 1.82) is 0 Å². The van der Waals surface area contributed by atoms with Crippen LogP contribution in [0.3, 0.4) is 0 Å². The summed E-state index contributed by atoms with van der Waals surface area (Å²) >= 11 is 0. The zero-order valence-corrected chi connectivity index (χ0v) is 5.09. The van der Waals surface area contributed by atoms with Crippen molar-refractivity contribution < 1.29 is 9.53 Å². The largest absolute Gasteiger partial charge is 0.364 e. The fourth-order valence-corrected chi connectivity index (χ4v) is 1.50. The molecule has 1 N–H and O–H groups in total. The Bertz CT molecular complexity index is 138. The number of fused-ring (bicyclic) bond motifs is 2. The molecule has 0 spiro atoms. The van der Waals surface area contributed by atoms with Crippen molar-refractivity contribution in [3.63, 3.8) is 0 Å². The fraction of sp³-hybridized carbons (Fsp3) is 0.833. The molecule has 50 valence electrons. The van der Waals surface area contributed by atoms with Gasteiger partial charge < -0.3 is 14.8 Å². The van der Waals surface area contributed by atoms with Gasteiger partial charge in [-0.25, -0.2) is 0 Å². The van der Waals surface area contributed by atoms with Crippen molar-refractivity contribution in [3.05, 3.63) is 0 Å². The highest BCUT2D eigenvalue weighted by Crippen LogP contribution is 2.28. The van der Waals surface area contributed by atoms with Crippen LogP contribution in [0.1, 0.15) is 6.42 Å². The summed E-state index contributed by atoms with van der Waals surface area (Å²) in [6.07, 6.45) is 1.80. The smallest absolute Gasteiger partial charge is 0.153 e. The van der Waals surface area contributed by atoms with Crippen LogP contribution in [0.5, 0.6) is 0 Å². The molecule has 9 heavy (non-hydrogen) atoms. The number of hydrogen-bond donors (Lipinski definition) is 1. The summed E-state index contributed by atoms with van der Waals surface area (Å²) in [6.45, 7) is 1.42. The summed E-state index contributed by atoms with van der Waals surface area (Å²) in [4.78, 5) is 10.4. The summed E-state index contributed by atoms with van der Waals surface area (Å²) in [5.41, 5.74) is -0.440. The Labute approximate surface area is 53.4 Å². The first kappa shape index (κ1) is 5.38. The minimum atomic E-state index is -0.440. The highest BCUT2D eigenvalue weighted by Gasteiger charge is 2.46. The van der Waals surface area contributed by atoms with E-state index < -0.39 is 5.60 Å². The summed E-state index contributed by atoms with van der Waals surface area (Å²) < 4.78 is 5.26. The van der Waals surface area contributed by atoms with Crippen LogP contribution >= 0.6 is 0 Å². The number of carbonyl (C=O) groups excluding carboxylic acids is 1. The molecule has 2 atom stereocenters. The van der Waals surface area contributed by atoms with Gasteiger partial charge in [-0.1, -0.05) is 0 Å². The van der Waals surface area contributed by atoms with E-state index in [1.54, 1.807) is 0 Å². The average molecular weight is 127 g/mol. The van der Waals surface area contributed by atoms with E-state index in [4.69, 9.17) is 4.74 Å². The second-order valence-electron chi connectivity index (χ2n) is 2.78. The van der Waals surface area contributed by atoms with Gasteiger partial charge in [0.15, 0.2) is 6.29 Å². The standard InChI is InChI=1S/C6H9NO2/c8-4-6-1-5(2-9-6)7-3-6/h4-5,7H,1-3H2/t5-,6-/m1/s1. The van der Waals surface area contributed by atoms with E-state index in [9.17, 15) is 4.79 Å². The molecule has 2 heterocycles. The molecule has 2 bridgehead atoms. The van der Waals surface area contributed by atoms with Gasteiger partial charge in [-0.2, -0.15) is 0 Å². The number of aldehydes is 1. The Kier molecular flexibility index (Phi) is 0.926. The Morgan fingerprint density at radius 3 is 2.89 bits per heavy atom. The van der Waals surface area contributed by atoms with Crippen LogP contribution in [0.4, 0.5) is 0 Å². The number of rotatable bonds is 1. The predicted octanol–water partition coefficient (Wildman–Crippen LogP) is -0.684. The lowest BCUT2D eigenvalue weighted by atomic mass is 10.1. The third kappa shape index (κ3) is 0.618. The summed E-state index contributed by atoms with van der Waals surface area (Å²) in [6, 6.07) is 0.440. The topological polar surface area (TPSA) is 38.3 Å². The van der Waals surface area contributed by atoms with Gasteiger partial charge in [0.2, 0.25) is 0 Å². The summed E-state index contributed by atoms with van der Waals surface area (Å²) in [5.74, 6) is 0. The molecule has 2 rings (SSSR count). The lowest BCUT2D eigenvalue weighted by Gasteiger charge is -2.19. The molecule has 2 saturated heterocycles. The van der Waals surface area contributed by atoms with Gasteiger partial charge >= 0.3 is 0 Å². The second kappa shape index (κ2) is 1.55. The third-order valence-corrected chi connectivity index (χ3v) is 2.07. The van der Waals surface area contributed by atoms with Crippen molar-refractivity contribution in [3.8, 4) is 0 Å². The van der Waals surface area contributed by atoms with Gasteiger partial charge in [0.05, 0.1) is 6.61 Å². The first-order chi connectivity index (χ1) is 4.35. The van der Waals surface area contributed by atoms with Crippen LogP contribution < -0.4 is 5.32 Å². The number of ether oxygens (including phenoxy) is 1. The van der Waals surface area contributed by atoms with Crippen molar-refractivity contribution in [2.75, 3.05) is 13.2 Å². The molecule has 2 aliphatic rings. The van der Waals surface area contributed by atoms with Gasteiger partial charge in [-0.05, 0) is 0 Å². The predicted molar refractivity (Wildman–Crippen MR) is 31.2 cm³/mol. The van der Waals surface area contributed by atoms with Crippen LogP contribution in [0.15, 0.2) is 0 Å². The maximum atomic E-state index is 10.4. The quantitative estimate of drug-likeness (QED) is 0.474. The Morgan fingerprint density at radius 1 is 1.78 bits per heavy atom. The van der Waals surface area contributed by atoms with Crippen molar-refractivity contribution in [2.45, 2.75) is 18.1 Å². The van der Waals surface area contributed by atoms with Crippen molar-refractivity contribution >= 4 is 6.29 Å². The highest BCUT2D eigenvalue weighted by molar-refractivity contribution is 5.64. The van der Waals surface area contributed by atoms with Crippen LogP contribution in [0, 0.1) is 0 Å². The number of nitrogens with one attached hydrogen (secondary N) is 1. The van der Waals surface area contributed by atoms with Crippen LogP contribution in [-0.2, 0) is 9.53 Å². The molecule has 3 heteroatoms. The SMILES string of the molecule is O=C[C@@]12CN[C@@H](CO1)C2. The second-order valence-corrected chi connectivity index (χ2v) is 2.78. The van der Waals surface area contributed by atoms with Gasteiger partial charge in [-0.3, -0.25) is 0 Å². The van der Waals surface area contributed by atoms with E-state index >= 15 is 0 Å². The molecule has 3 nitrogen and oxygen atoms in total. The van der Waals surface area contributed by atoms with E-state index in [1.807, 2.05) is 0 Å². The van der Waals surface area contributed by atoms with E-state index in [0.29, 0.717) is 19.2 Å². The average Bonchev–Trinajstić information content (AvgIpc) is 2.46. The van der Waals surface area contributed by atoms with Gasteiger partial charge in [-0.15, -0.1) is 0 Å². The molecule has 0 radical (unpaired) electrons. The molecule has 2 fully saturated rings. The van der Waals surface area contributed by atoms with E-state index in [1.165, 1.54) is 0 Å². The monoisotopic (exact) mass is 127 g/mol. The molecule has 0 aromatic rings. The fourth-order valence-electron chi connectivity index (χ4n) is 1.50. The number of hydrogen-bond acceptors (Lipinski definition) is 3. The normalized spacial score (nSPS) is 47.8. The van der Waals surface area contributed by atoms with Crippen LogP contribution in [0.2, 0.25) is 0 Å². The molecule has 0 aliphatic carbocycles. The van der Waals surface area contributed by atoms with Crippen LogP contribution in [-0.4, -0.2) is 31.1 Å². The first-order valence-corrected chi connectivity index (χ1v) is 3.18. The minimum absolute atomic E-state index is 0.440. The minimum Gasteiger partial charge on any atom is -0.364 e. The Balaban J connectivity index is 2.21. The lowest BCUT2D eigenvalue weighted by Crippen LogP contribution is -2.40. The number of carbonyl (C=O) groups is 1. The van der Waals surface area contributed by atoms with Crippen LogP contribution in [0.25, 0.3) is 0 Å². The molecule has 2 aliphatic heterocycles. The molecule has 0 aromatic heterocycles. The molecular formula is C6H9NO2. The number of morpholine rings is 1. The zero-order chi connectivity index (χ0) is 6.32. The maximum absolute atomic E-state index is 10.4. The van der Waals surface area contributed by atoms with E-state index in [2.05, 4.69) is 5.32 Å². The molecule has 0 saturated carbocycles.